The fourth-order valence-electron chi connectivity index (χ4n) is 7.18. The highest BCUT2D eigenvalue weighted by Crippen LogP contribution is 2.51. The fraction of sp³-hybridized carbons (Fsp3) is 0.0698. The Morgan fingerprint density at radius 3 is 1.87 bits per heavy atom. The molecule has 0 saturated carbocycles. The van der Waals surface area contributed by atoms with Crippen LogP contribution in [0.4, 0.5) is 0 Å². The Hall–Kier alpha value is -5.38. The van der Waals surface area contributed by atoms with Crippen molar-refractivity contribution in [2.24, 2.45) is 0 Å². The molecule has 0 saturated heterocycles. The molecule has 8 aromatic rings. The zero-order chi connectivity index (χ0) is 30.8. The molecule has 0 N–H and O–H groups in total. The number of benzene rings is 6. The van der Waals surface area contributed by atoms with Crippen LogP contribution in [0.2, 0.25) is 0 Å². The van der Waals surface area contributed by atoms with Gasteiger partial charge in [-0.3, -0.25) is 0 Å². The minimum atomic E-state index is -0.224. The van der Waals surface area contributed by atoms with Gasteiger partial charge >= 0.3 is 0 Å². The minimum absolute atomic E-state index is 0.224. The lowest BCUT2D eigenvalue weighted by atomic mass is 9.80. The zero-order valence-corrected chi connectivity index (χ0v) is 26.5. The van der Waals surface area contributed by atoms with Crippen molar-refractivity contribution in [2.75, 3.05) is 0 Å². The van der Waals surface area contributed by atoms with Crippen molar-refractivity contribution in [2.45, 2.75) is 19.3 Å². The summed E-state index contributed by atoms with van der Waals surface area (Å²) in [6.07, 6.45) is 0. The first-order chi connectivity index (χ1) is 22.6. The van der Waals surface area contributed by atoms with Gasteiger partial charge in [-0.1, -0.05) is 153 Å². The van der Waals surface area contributed by atoms with E-state index in [-0.39, 0.29) is 5.41 Å². The molecular weight excluding hydrogens is 577 g/mol. The normalized spacial score (nSPS) is 13.2. The Labute approximate surface area is 272 Å². The number of hydrogen-bond acceptors (Lipinski definition) is 3. The van der Waals surface area contributed by atoms with E-state index in [4.69, 9.17) is 9.97 Å². The van der Waals surface area contributed by atoms with E-state index < -0.39 is 0 Å². The zero-order valence-electron chi connectivity index (χ0n) is 25.7. The highest BCUT2D eigenvalue weighted by Gasteiger charge is 2.39. The summed E-state index contributed by atoms with van der Waals surface area (Å²) in [7, 11) is 0. The molecule has 0 spiro atoms. The van der Waals surface area contributed by atoms with E-state index in [0.29, 0.717) is 0 Å². The van der Waals surface area contributed by atoms with Crippen LogP contribution in [-0.4, -0.2) is 9.97 Å². The lowest BCUT2D eigenvalue weighted by Gasteiger charge is -2.24. The monoisotopic (exact) mass is 606 g/mol. The van der Waals surface area contributed by atoms with Crippen LogP contribution >= 0.6 is 11.3 Å². The van der Waals surface area contributed by atoms with E-state index >= 15 is 0 Å². The summed E-state index contributed by atoms with van der Waals surface area (Å²) < 4.78 is 2.65. The third kappa shape index (κ3) is 4.16. The third-order valence-electron chi connectivity index (χ3n) is 9.51. The molecule has 1 aliphatic carbocycles. The SMILES string of the molecule is CC1(C)c2ccccc2-c2nc(-c3ccc(-c4ccccc4)cc3)nc(-c3ccc(-c4cccc5c4sc4ccccc45)cc3)c21. The maximum Gasteiger partial charge on any atom is 0.160 e. The molecule has 46 heavy (non-hydrogen) atoms. The first-order valence-corrected chi connectivity index (χ1v) is 16.6. The van der Waals surface area contributed by atoms with Crippen LogP contribution in [0.3, 0.4) is 0 Å². The van der Waals surface area contributed by atoms with E-state index in [2.05, 4.69) is 153 Å². The van der Waals surface area contributed by atoms with Gasteiger partial charge in [0, 0.05) is 47.8 Å². The summed E-state index contributed by atoms with van der Waals surface area (Å²) in [5, 5.41) is 2.64. The van der Waals surface area contributed by atoms with E-state index in [1.54, 1.807) is 0 Å². The molecule has 2 nitrogen and oxygen atoms in total. The van der Waals surface area contributed by atoms with Crippen molar-refractivity contribution in [3.05, 3.63) is 157 Å². The van der Waals surface area contributed by atoms with Gasteiger partial charge in [-0.2, -0.15) is 0 Å². The molecular formula is C43H30N2S. The molecule has 9 rings (SSSR count). The van der Waals surface area contributed by atoms with Crippen LogP contribution in [0.5, 0.6) is 0 Å². The fourth-order valence-corrected chi connectivity index (χ4v) is 8.42. The van der Waals surface area contributed by atoms with Gasteiger partial charge in [-0.05, 0) is 33.9 Å². The molecule has 0 amide bonds. The second-order valence-corrected chi connectivity index (χ2v) is 13.6. The molecule has 218 valence electrons. The van der Waals surface area contributed by atoms with Crippen molar-refractivity contribution in [3.8, 4) is 56.2 Å². The van der Waals surface area contributed by atoms with Gasteiger partial charge in [-0.15, -0.1) is 11.3 Å². The number of aromatic nitrogens is 2. The smallest absolute Gasteiger partial charge is 0.160 e. The standard InChI is InChI=1S/C43H30N2S/c1-43(2)36-17-8-6-14-35(36)40-38(43)39(44-42(45-40)31-25-19-28(20-26-31)27-11-4-3-5-12-27)30-23-21-29(22-24-30)32-15-10-16-34-33-13-7-9-18-37(33)46-41(32)34/h3-26H,1-2H3. The summed E-state index contributed by atoms with van der Waals surface area (Å²) in [5.74, 6) is 0.750. The lowest BCUT2D eigenvalue weighted by Crippen LogP contribution is -2.17. The quantitative estimate of drug-likeness (QED) is 0.199. The predicted octanol–water partition coefficient (Wildman–Crippen LogP) is 11.8. The minimum Gasteiger partial charge on any atom is -0.228 e. The summed E-state index contributed by atoms with van der Waals surface area (Å²) in [5.41, 5.74) is 12.5. The molecule has 2 aromatic heterocycles. The van der Waals surface area contributed by atoms with Crippen molar-refractivity contribution >= 4 is 31.5 Å². The van der Waals surface area contributed by atoms with Gasteiger partial charge in [0.1, 0.15) is 0 Å². The molecule has 0 bridgehead atoms. The largest absolute Gasteiger partial charge is 0.228 e. The molecule has 0 radical (unpaired) electrons. The molecule has 6 aromatic carbocycles. The average Bonchev–Trinajstić information content (AvgIpc) is 3.61. The van der Waals surface area contributed by atoms with Crippen LogP contribution < -0.4 is 0 Å². The van der Waals surface area contributed by atoms with Gasteiger partial charge in [0.15, 0.2) is 5.82 Å². The van der Waals surface area contributed by atoms with Gasteiger partial charge in [-0.25, -0.2) is 9.97 Å². The van der Waals surface area contributed by atoms with Crippen molar-refractivity contribution in [3.63, 3.8) is 0 Å². The molecule has 0 unspecified atom stereocenters. The van der Waals surface area contributed by atoms with E-state index in [9.17, 15) is 0 Å². The number of thiophene rings is 1. The Kier molecular flexibility index (Phi) is 6.06. The summed E-state index contributed by atoms with van der Waals surface area (Å²) >= 11 is 1.87. The first kappa shape index (κ1) is 27.0. The van der Waals surface area contributed by atoms with Gasteiger partial charge < -0.3 is 0 Å². The topological polar surface area (TPSA) is 25.8 Å². The van der Waals surface area contributed by atoms with E-state index in [1.807, 2.05) is 17.4 Å². The second kappa shape index (κ2) is 10.3. The third-order valence-corrected chi connectivity index (χ3v) is 10.7. The Morgan fingerprint density at radius 1 is 0.457 bits per heavy atom. The summed E-state index contributed by atoms with van der Waals surface area (Å²) in [6, 6.07) is 52.2. The summed E-state index contributed by atoms with van der Waals surface area (Å²) in [6.45, 7) is 4.60. The maximum absolute atomic E-state index is 5.34. The number of hydrogen-bond donors (Lipinski definition) is 0. The van der Waals surface area contributed by atoms with Gasteiger partial charge in [0.25, 0.3) is 0 Å². The Morgan fingerprint density at radius 2 is 1.04 bits per heavy atom. The predicted molar refractivity (Wildman–Crippen MR) is 194 cm³/mol. The highest BCUT2D eigenvalue weighted by atomic mass is 32.1. The molecule has 1 aliphatic rings. The maximum atomic E-state index is 5.34. The van der Waals surface area contributed by atoms with Crippen molar-refractivity contribution in [1.29, 1.82) is 0 Å². The van der Waals surface area contributed by atoms with Crippen molar-refractivity contribution < 1.29 is 0 Å². The number of rotatable bonds is 4. The van der Waals surface area contributed by atoms with Crippen LogP contribution in [-0.2, 0) is 5.41 Å². The van der Waals surface area contributed by atoms with E-state index in [0.717, 1.165) is 28.3 Å². The molecule has 3 heteroatoms. The highest BCUT2D eigenvalue weighted by molar-refractivity contribution is 7.26. The molecule has 0 fully saturated rings. The Balaban J connectivity index is 1.19. The van der Waals surface area contributed by atoms with E-state index in [1.165, 1.54) is 59.1 Å². The molecule has 0 atom stereocenters. The summed E-state index contributed by atoms with van der Waals surface area (Å²) in [4.78, 5) is 10.6. The second-order valence-electron chi connectivity index (χ2n) is 12.6. The van der Waals surface area contributed by atoms with Crippen LogP contribution in [0.25, 0.3) is 76.3 Å². The van der Waals surface area contributed by atoms with Crippen molar-refractivity contribution in [1.82, 2.24) is 9.97 Å². The van der Waals surface area contributed by atoms with Gasteiger partial charge in [0.2, 0.25) is 0 Å². The number of nitrogens with zero attached hydrogens (tertiary/aromatic N) is 2. The van der Waals surface area contributed by atoms with Gasteiger partial charge in [0.05, 0.1) is 11.4 Å². The average molecular weight is 607 g/mol. The lowest BCUT2D eigenvalue weighted by molar-refractivity contribution is 0.658. The molecule has 2 heterocycles. The molecule has 0 aliphatic heterocycles. The van der Waals surface area contributed by atoms with Crippen LogP contribution in [0.15, 0.2) is 146 Å². The Bertz CT molecular complexity index is 2420. The van der Waals surface area contributed by atoms with Crippen LogP contribution in [0, 0.1) is 0 Å². The number of fused-ring (bicyclic) bond motifs is 6. The first-order valence-electron chi connectivity index (χ1n) is 15.8. The van der Waals surface area contributed by atoms with Crippen LogP contribution in [0.1, 0.15) is 25.0 Å².